The van der Waals surface area contributed by atoms with E-state index in [1.807, 2.05) is 23.1 Å². The molecule has 3 rings (SSSR count). The van der Waals surface area contributed by atoms with E-state index >= 15 is 0 Å². The van der Waals surface area contributed by atoms with Crippen molar-refractivity contribution in [2.24, 2.45) is 0 Å². The maximum Gasteiger partial charge on any atom is 0.290 e. The lowest BCUT2D eigenvalue weighted by Gasteiger charge is -2.33. The van der Waals surface area contributed by atoms with Crippen molar-refractivity contribution in [3.05, 3.63) is 52.1 Å². The van der Waals surface area contributed by atoms with Crippen LogP contribution >= 0.6 is 0 Å². The molecule has 7 heteroatoms. The second-order valence-electron chi connectivity index (χ2n) is 6.05. The molecule has 1 aromatic heterocycles. The molecular formula is C18H21N5O2. The first-order valence-electron chi connectivity index (χ1n) is 8.30. The number of hydrogen-bond acceptors (Lipinski definition) is 6. The van der Waals surface area contributed by atoms with Crippen LogP contribution in [0.25, 0.3) is 0 Å². The summed E-state index contributed by atoms with van der Waals surface area (Å²) < 4.78 is 5.17. The van der Waals surface area contributed by atoms with E-state index in [1.165, 1.54) is 0 Å². The molecule has 2 aromatic rings. The zero-order chi connectivity index (χ0) is 17.6. The van der Waals surface area contributed by atoms with Crippen LogP contribution in [0.2, 0.25) is 0 Å². The SMILES string of the molecule is COc1ccc(CN[C@H]2CCCN(c3ncc[nH]c3=O)C2)cc1C#N. The van der Waals surface area contributed by atoms with Gasteiger partial charge in [-0.1, -0.05) is 6.07 Å². The predicted octanol–water partition coefficient (Wildman–Crippen LogP) is 1.41. The van der Waals surface area contributed by atoms with Crippen LogP contribution in [0.3, 0.4) is 0 Å². The van der Waals surface area contributed by atoms with E-state index in [1.54, 1.807) is 19.5 Å². The van der Waals surface area contributed by atoms with Gasteiger partial charge in [0.05, 0.1) is 12.7 Å². The van der Waals surface area contributed by atoms with E-state index in [0.717, 1.165) is 31.5 Å². The predicted molar refractivity (Wildman–Crippen MR) is 94.6 cm³/mol. The Morgan fingerprint density at radius 2 is 2.40 bits per heavy atom. The number of benzene rings is 1. The largest absolute Gasteiger partial charge is 0.495 e. The third-order valence-corrected chi connectivity index (χ3v) is 4.39. The molecule has 0 amide bonds. The van der Waals surface area contributed by atoms with Crippen LogP contribution in [-0.2, 0) is 6.54 Å². The van der Waals surface area contributed by atoms with Gasteiger partial charge >= 0.3 is 0 Å². The first-order chi connectivity index (χ1) is 12.2. The molecule has 0 spiro atoms. The number of hydrogen-bond donors (Lipinski definition) is 2. The number of nitriles is 1. The summed E-state index contributed by atoms with van der Waals surface area (Å²) in [4.78, 5) is 20.8. The van der Waals surface area contributed by atoms with E-state index in [0.29, 0.717) is 23.7 Å². The van der Waals surface area contributed by atoms with Crippen LogP contribution in [0.5, 0.6) is 5.75 Å². The number of nitrogens with zero attached hydrogens (tertiary/aromatic N) is 3. The summed E-state index contributed by atoms with van der Waals surface area (Å²) >= 11 is 0. The Morgan fingerprint density at radius 3 is 3.16 bits per heavy atom. The topological polar surface area (TPSA) is 94.0 Å². The molecule has 0 aliphatic carbocycles. The van der Waals surface area contributed by atoms with Crippen molar-refractivity contribution in [1.82, 2.24) is 15.3 Å². The second kappa shape index (κ2) is 7.81. The van der Waals surface area contributed by atoms with Gasteiger partial charge in [-0.05, 0) is 30.5 Å². The van der Waals surface area contributed by atoms with Crippen LogP contribution < -0.4 is 20.5 Å². The summed E-state index contributed by atoms with van der Waals surface area (Å²) in [6.07, 6.45) is 5.19. The molecule has 0 saturated carbocycles. The van der Waals surface area contributed by atoms with Crippen LogP contribution in [0.1, 0.15) is 24.0 Å². The lowest BCUT2D eigenvalue weighted by Crippen LogP contribution is -2.47. The summed E-state index contributed by atoms with van der Waals surface area (Å²) in [5.74, 6) is 1.06. The molecule has 0 radical (unpaired) electrons. The Hall–Kier alpha value is -2.85. The third-order valence-electron chi connectivity index (χ3n) is 4.39. The van der Waals surface area contributed by atoms with Gasteiger partial charge in [-0.3, -0.25) is 4.79 Å². The average Bonchev–Trinajstić information content (AvgIpc) is 2.66. The third kappa shape index (κ3) is 3.98. The molecule has 130 valence electrons. The molecule has 1 aliphatic heterocycles. The van der Waals surface area contributed by atoms with E-state index in [2.05, 4.69) is 21.4 Å². The lowest BCUT2D eigenvalue weighted by molar-refractivity contribution is 0.411. The molecule has 1 atom stereocenters. The van der Waals surface area contributed by atoms with Gasteiger partial charge in [0.1, 0.15) is 11.8 Å². The minimum Gasteiger partial charge on any atom is -0.495 e. The molecular weight excluding hydrogens is 318 g/mol. The number of anilines is 1. The molecule has 0 unspecified atom stereocenters. The van der Waals surface area contributed by atoms with Crippen LogP contribution in [-0.4, -0.2) is 36.2 Å². The molecule has 2 N–H and O–H groups in total. The lowest BCUT2D eigenvalue weighted by atomic mass is 10.0. The molecule has 25 heavy (non-hydrogen) atoms. The minimum absolute atomic E-state index is 0.156. The van der Waals surface area contributed by atoms with Gasteiger partial charge in [0.25, 0.3) is 5.56 Å². The van der Waals surface area contributed by atoms with E-state index in [9.17, 15) is 10.1 Å². The van der Waals surface area contributed by atoms with E-state index in [4.69, 9.17) is 4.74 Å². The number of nitrogens with one attached hydrogen (secondary N) is 2. The second-order valence-corrected chi connectivity index (χ2v) is 6.05. The normalized spacial score (nSPS) is 17.1. The minimum atomic E-state index is -0.156. The number of ether oxygens (including phenoxy) is 1. The monoisotopic (exact) mass is 339 g/mol. The summed E-state index contributed by atoms with van der Waals surface area (Å²) in [5, 5.41) is 12.7. The zero-order valence-corrected chi connectivity index (χ0v) is 14.2. The fourth-order valence-corrected chi connectivity index (χ4v) is 3.12. The van der Waals surface area contributed by atoms with Crippen molar-refractivity contribution < 1.29 is 4.74 Å². The Balaban J connectivity index is 1.63. The van der Waals surface area contributed by atoms with Crippen LogP contribution in [0.4, 0.5) is 5.82 Å². The molecule has 2 heterocycles. The molecule has 1 saturated heterocycles. The number of rotatable bonds is 5. The Morgan fingerprint density at radius 1 is 1.52 bits per heavy atom. The van der Waals surface area contributed by atoms with Crippen molar-refractivity contribution in [1.29, 1.82) is 5.26 Å². The standard InChI is InChI=1S/C18H21N5O2/c1-25-16-5-4-13(9-14(16)10-19)11-22-15-3-2-8-23(12-15)17-18(24)21-7-6-20-17/h4-7,9,15,22H,2-3,8,11-12H2,1H3,(H,21,24)/t15-/m0/s1. The van der Waals surface area contributed by atoms with Gasteiger partial charge in [0, 0.05) is 38.1 Å². The fourth-order valence-electron chi connectivity index (χ4n) is 3.12. The Bertz CT molecular complexity index is 827. The van der Waals surface area contributed by atoms with Crippen molar-refractivity contribution >= 4 is 5.82 Å². The van der Waals surface area contributed by atoms with Crippen molar-refractivity contribution in [2.75, 3.05) is 25.1 Å². The summed E-state index contributed by atoms with van der Waals surface area (Å²) in [6.45, 7) is 2.23. The highest BCUT2D eigenvalue weighted by molar-refractivity contribution is 5.45. The van der Waals surface area contributed by atoms with Crippen molar-refractivity contribution in [3.63, 3.8) is 0 Å². The fraction of sp³-hybridized carbons (Fsp3) is 0.389. The number of piperidine rings is 1. The zero-order valence-electron chi connectivity index (χ0n) is 14.2. The highest BCUT2D eigenvalue weighted by Crippen LogP contribution is 2.19. The molecule has 1 fully saturated rings. The van der Waals surface area contributed by atoms with Gasteiger partial charge in [0.15, 0.2) is 5.82 Å². The van der Waals surface area contributed by atoms with Gasteiger partial charge in [-0.25, -0.2) is 4.98 Å². The van der Waals surface area contributed by atoms with Crippen LogP contribution in [0, 0.1) is 11.3 Å². The molecule has 1 aromatic carbocycles. The number of aromatic nitrogens is 2. The van der Waals surface area contributed by atoms with Gasteiger partial charge in [0.2, 0.25) is 0 Å². The maximum atomic E-state index is 11.9. The maximum absolute atomic E-state index is 11.9. The van der Waals surface area contributed by atoms with E-state index < -0.39 is 0 Å². The van der Waals surface area contributed by atoms with Gasteiger partial charge < -0.3 is 19.9 Å². The summed E-state index contributed by atoms with van der Waals surface area (Å²) in [5.41, 5.74) is 1.41. The van der Waals surface area contributed by atoms with E-state index in [-0.39, 0.29) is 11.6 Å². The highest BCUT2D eigenvalue weighted by Gasteiger charge is 2.22. The number of H-pyrrole nitrogens is 1. The molecule has 1 aliphatic rings. The van der Waals surface area contributed by atoms with Crippen molar-refractivity contribution in [3.8, 4) is 11.8 Å². The average molecular weight is 339 g/mol. The summed E-state index contributed by atoms with van der Waals surface area (Å²) in [6, 6.07) is 8.03. The van der Waals surface area contributed by atoms with Crippen molar-refractivity contribution in [2.45, 2.75) is 25.4 Å². The highest BCUT2D eigenvalue weighted by atomic mass is 16.5. The van der Waals surface area contributed by atoms with Crippen LogP contribution in [0.15, 0.2) is 35.4 Å². The quantitative estimate of drug-likeness (QED) is 0.855. The molecule has 0 bridgehead atoms. The summed E-state index contributed by atoms with van der Waals surface area (Å²) in [7, 11) is 1.56. The number of methoxy groups -OCH3 is 1. The first kappa shape index (κ1) is 17.0. The number of aromatic amines is 1. The Labute approximate surface area is 146 Å². The Kier molecular flexibility index (Phi) is 5.31. The smallest absolute Gasteiger partial charge is 0.290 e. The first-order valence-corrected chi connectivity index (χ1v) is 8.30. The molecule has 7 nitrogen and oxygen atoms in total. The van der Waals surface area contributed by atoms with Gasteiger partial charge in [-0.2, -0.15) is 5.26 Å². The van der Waals surface area contributed by atoms with Gasteiger partial charge in [-0.15, -0.1) is 0 Å².